The molecule has 0 bridgehead atoms. The van der Waals surface area contributed by atoms with Crippen LogP contribution in [0.5, 0.6) is 0 Å². The van der Waals surface area contributed by atoms with Crippen molar-refractivity contribution in [3.05, 3.63) is 65.2 Å². The highest BCUT2D eigenvalue weighted by molar-refractivity contribution is 7.89. The third-order valence-electron chi connectivity index (χ3n) is 6.81. The van der Waals surface area contributed by atoms with E-state index in [-0.39, 0.29) is 24.3 Å². The van der Waals surface area contributed by atoms with Crippen molar-refractivity contribution in [2.24, 2.45) is 0 Å². The van der Waals surface area contributed by atoms with Gasteiger partial charge in [0.25, 0.3) is 0 Å². The number of benzene rings is 2. The molecular formula is C25H28FN5O3S. The van der Waals surface area contributed by atoms with E-state index in [1.54, 1.807) is 13.0 Å². The van der Waals surface area contributed by atoms with Gasteiger partial charge in [-0.3, -0.25) is 4.79 Å². The number of nitrogens with zero attached hydrogens (tertiary/aromatic N) is 4. The van der Waals surface area contributed by atoms with E-state index in [1.807, 2.05) is 28.8 Å². The number of rotatable bonds is 5. The Morgan fingerprint density at radius 3 is 2.71 bits per heavy atom. The smallest absolute Gasteiger partial charge is 0.243 e. The van der Waals surface area contributed by atoms with Crippen LogP contribution in [0.15, 0.2) is 42.5 Å². The highest BCUT2D eigenvalue weighted by Crippen LogP contribution is 2.30. The van der Waals surface area contributed by atoms with E-state index >= 15 is 0 Å². The second-order valence-electron chi connectivity index (χ2n) is 9.02. The Labute approximate surface area is 204 Å². The van der Waals surface area contributed by atoms with Crippen molar-refractivity contribution in [3.8, 4) is 11.4 Å². The van der Waals surface area contributed by atoms with E-state index in [4.69, 9.17) is 0 Å². The lowest BCUT2D eigenvalue weighted by atomic mass is 9.95. The molecule has 0 unspecified atom stereocenters. The minimum absolute atomic E-state index is 0.0996. The molecule has 2 aliphatic rings. The Kier molecular flexibility index (Phi) is 6.41. The number of hydrogen-bond acceptors (Lipinski definition) is 5. The fourth-order valence-corrected chi connectivity index (χ4v) is 6.09. The second-order valence-corrected chi connectivity index (χ2v) is 11.2. The molecule has 1 aromatic heterocycles. The highest BCUT2D eigenvalue weighted by Gasteiger charge is 2.38. The molecule has 0 spiro atoms. The zero-order chi connectivity index (χ0) is 24.6. The number of fused-ring (bicyclic) bond motifs is 2. The molecular weight excluding hydrogens is 469 g/mol. The van der Waals surface area contributed by atoms with Gasteiger partial charge in [-0.1, -0.05) is 30.7 Å². The van der Waals surface area contributed by atoms with Crippen molar-refractivity contribution in [1.29, 1.82) is 0 Å². The lowest BCUT2D eigenvalue weighted by Crippen LogP contribution is -2.51. The van der Waals surface area contributed by atoms with Crippen molar-refractivity contribution < 1.29 is 17.6 Å². The van der Waals surface area contributed by atoms with E-state index in [0.717, 1.165) is 49.2 Å². The van der Waals surface area contributed by atoms with Gasteiger partial charge in [-0.25, -0.2) is 12.8 Å². The van der Waals surface area contributed by atoms with Crippen LogP contribution >= 0.6 is 0 Å². The van der Waals surface area contributed by atoms with Crippen molar-refractivity contribution >= 4 is 21.6 Å². The molecule has 10 heteroatoms. The van der Waals surface area contributed by atoms with E-state index < -0.39 is 27.8 Å². The third-order valence-corrected chi connectivity index (χ3v) is 8.64. The molecule has 1 atom stereocenters. The zero-order valence-electron chi connectivity index (χ0n) is 19.6. The minimum atomic E-state index is -3.62. The SMILES string of the molecule is CCS(=O)(=O)N1Cc2ccccc2C[C@H]1C(=O)Nc1ccc(F)c(-c2nnc3n2CCCCC3)c1. The number of sulfonamides is 1. The molecule has 3 heterocycles. The number of halogens is 1. The Morgan fingerprint density at radius 2 is 1.91 bits per heavy atom. The van der Waals surface area contributed by atoms with Gasteiger partial charge in [0.05, 0.1) is 11.3 Å². The normalized spacial score (nSPS) is 18.4. The number of hydrogen-bond donors (Lipinski definition) is 1. The summed E-state index contributed by atoms with van der Waals surface area (Å²) in [5.74, 6) is 0.278. The lowest BCUT2D eigenvalue weighted by molar-refractivity contribution is -0.120. The van der Waals surface area contributed by atoms with Crippen molar-refractivity contribution in [1.82, 2.24) is 19.1 Å². The van der Waals surface area contributed by atoms with E-state index in [9.17, 15) is 17.6 Å². The van der Waals surface area contributed by atoms with Crippen LogP contribution in [0, 0.1) is 5.82 Å². The topological polar surface area (TPSA) is 97.2 Å². The predicted octanol–water partition coefficient (Wildman–Crippen LogP) is 3.53. The molecule has 1 amide bonds. The number of nitrogens with one attached hydrogen (secondary N) is 1. The van der Waals surface area contributed by atoms with Gasteiger partial charge in [0, 0.05) is 25.2 Å². The maximum Gasteiger partial charge on any atom is 0.243 e. The van der Waals surface area contributed by atoms with Crippen LogP contribution in [-0.4, -0.2) is 45.2 Å². The molecule has 0 saturated carbocycles. The van der Waals surface area contributed by atoms with Gasteiger partial charge < -0.3 is 9.88 Å². The average Bonchev–Trinajstić information content (AvgIpc) is 3.11. The lowest BCUT2D eigenvalue weighted by Gasteiger charge is -2.34. The van der Waals surface area contributed by atoms with Gasteiger partial charge >= 0.3 is 0 Å². The molecule has 2 aromatic carbocycles. The summed E-state index contributed by atoms with van der Waals surface area (Å²) in [5, 5.41) is 11.3. The van der Waals surface area contributed by atoms with Gasteiger partial charge in [-0.2, -0.15) is 4.31 Å². The van der Waals surface area contributed by atoms with Crippen LogP contribution in [0.4, 0.5) is 10.1 Å². The molecule has 0 saturated heterocycles. The van der Waals surface area contributed by atoms with Gasteiger partial charge in [0.15, 0.2) is 5.82 Å². The summed E-state index contributed by atoms with van der Waals surface area (Å²) in [6.07, 6.45) is 4.16. The second kappa shape index (κ2) is 9.50. The molecule has 1 N–H and O–H groups in total. The Hall–Kier alpha value is -3.11. The van der Waals surface area contributed by atoms with Crippen LogP contribution in [-0.2, 0) is 40.7 Å². The van der Waals surface area contributed by atoms with Gasteiger partial charge in [-0.15, -0.1) is 10.2 Å². The number of anilines is 1. The van der Waals surface area contributed by atoms with Crippen molar-refractivity contribution in [3.63, 3.8) is 0 Å². The van der Waals surface area contributed by atoms with Crippen molar-refractivity contribution in [2.75, 3.05) is 11.1 Å². The first-order valence-corrected chi connectivity index (χ1v) is 13.6. The average molecular weight is 498 g/mol. The molecule has 8 nitrogen and oxygen atoms in total. The minimum Gasteiger partial charge on any atom is -0.325 e. The fourth-order valence-electron chi connectivity index (χ4n) is 4.86. The number of carbonyl (C=O) groups excluding carboxylic acids is 1. The summed E-state index contributed by atoms with van der Waals surface area (Å²) < 4.78 is 43.7. The molecule has 3 aromatic rings. The van der Waals surface area contributed by atoms with Gasteiger partial charge in [-0.05, 0) is 55.5 Å². The molecule has 0 aliphatic carbocycles. The Balaban J connectivity index is 1.44. The molecule has 2 aliphatic heterocycles. The molecule has 0 fully saturated rings. The zero-order valence-corrected chi connectivity index (χ0v) is 20.4. The summed E-state index contributed by atoms with van der Waals surface area (Å²) in [6, 6.07) is 11.0. The Morgan fingerprint density at radius 1 is 1.11 bits per heavy atom. The van der Waals surface area contributed by atoms with Crippen LogP contribution in [0.25, 0.3) is 11.4 Å². The largest absolute Gasteiger partial charge is 0.325 e. The molecule has 35 heavy (non-hydrogen) atoms. The summed E-state index contributed by atoms with van der Waals surface area (Å²) in [5.41, 5.74) is 2.48. The van der Waals surface area contributed by atoms with Crippen LogP contribution in [0.2, 0.25) is 0 Å². The summed E-state index contributed by atoms with van der Waals surface area (Å²) in [4.78, 5) is 13.4. The predicted molar refractivity (Wildman–Crippen MR) is 131 cm³/mol. The summed E-state index contributed by atoms with van der Waals surface area (Å²) >= 11 is 0. The highest BCUT2D eigenvalue weighted by atomic mass is 32.2. The first kappa shape index (κ1) is 23.6. The molecule has 184 valence electrons. The van der Waals surface area contributed by atoms with E-state index in [2.05, 4.69) is 15.5 Å². The maximum absolute atomic E-state index is 14.8. The number of aryl methyl sites for hydroxylation is 1. The fraction of sp³-hybridized carbons (Fsp3) is 0.400. The number of aromatic nitrogens is 3. The maximum atomic E-state index is 14.8. The van der Waals surface area contributed by atoms with Crippen LogP contribution < -0.4 is 5.32 Å². The first-order valence-electron chi connectivity index (χ1n) is 12.0. The first-order chi connectivity index (χ1) is 16.9. The third kappa shape index (κ3) is 4.60. The standard InChI is InChI=1S/C25H28FN5O3S/c1-2-35(33,34)31-16-18-9-6-5-8-17(18)14-22(31)25(32)27-19-11-12-21(26)20(15-19)24-29-28-23-10-4-3-7-13-30(23)24/h5-6,8-9,11-12,15,22H,2-4,7,10,13-14,16H2,1H3,(H,27,32)/t22-/m0/s1. The monoisotopic (exact) mass is 497 g/mol. The van der Waals surface area contributed by atoms with E-state index in [1.165, 1.54) is 16.4 Å². The number of amides is 1. The quantitative estimate of drug-likeness (QED) is 0.582. The molecule has 0 radical (unpaired) electrons. The van der Waals surface area contributed by atoms with Gasteiger partial charge in [0.2, 0.25) is 15.9 Å². The summed E-state index contributed by atoms with van der Waals surface area (Å²) in [6.45, 7) is 2.43. The van der Waals surface area contributed by atoms with Gasteiger partial charge in [0.1, 0.15) is 17.7 Å². The number of carbonyl (C=O) groups is 1. The van der Waals surface area contributed by atoms with Crippen molar-refractivity contribution in [2.45, 2.75) is 58.2 Å². The Bertz CT molecular complexity index is 1370. The van der Waals surface area contributed by atoms with E-state index in [0.29, 0.717) is 11.5 Å². The van der Waals surface area contributed by atoms with Crippen LogP contribution in [0.3, 0.4) is 0 Å². The molecule has 5 rings (SSSR count). The summed E-state index contributed by atoms with van der Waals surface area (Å²) in [7, 11) is -3.62. The van der Waals surface area contributed by atoms with Crippen LogP contribution in [0.1, 0.15) is 43.1 Å².